The Balaban J connectivity index is 3.84. The lowest BCUT2D eigenvalue weighted by molar-refractivity contribution is -0.124. The zero-order valence-electron chi connectivity index (χ0n) is 10.0. The molecule has 1 amide bonds. The Labute approximate surface area is 96.5 Å². The molecular formula is C10H22N4O2. The topological polar surface area (TPSA) is 82.3 Å². The fraction of sp³-hybridized carbons (Fsp3) is 0.800. The molecule has 0 rings (SSSR count). The third-order valence-corrected chi connectivity index (χ3v) is 2.16. The highest BCUT2D eigenvalue weighted by atomic mass is 16.2. The number of carbonyl (C=O) groups excluding carboxylic acids is 2. The summed E-state index contributed by atoms with van der Waals surface area (Å²) < 4.78 is 0. The summed E-state index contributed by atoms with van der Waals surface area (Å²) in [6, 6.07) is -0.290. The highest BCUT2D eigenvalue weighted by Crippen LogP contribution is 2.00. The van der Waals surface area contributed by atoms with Gasteiger partial charge < -0.3 is 15.4 Å². The van der Waals surface area contributed by atoms with Crippen LogP contribution in [0.2, 0.25) is 0 Å². The first-order chi connectivity index (χ1) is 7.76. The lowest BCUT2D eigenvalue weighted by Crippen LogP contribution is -2.49. The minimum atomic E-state index is -0.290. The first-order valence-corrected chi connectivity index (χ1v) is 5.54. The molecule has 4 N–H and O–H groups in total. The zero-order chi connectivity index (χ0) is 12.2. The van der Waals surface area contributed by atoms with Crippen LogP contribution in [0.1, 0.15) is 19.3 Å². The minimum Gasteiger partial charge on any atom is -0.348 e. The monoisotopic (exact) mass is 230 g/mol. The average Bonchev–Trinajstić information content (AvgIpc) is 2.30. The summed E-state index contributed by atoms with van der Waals surface area (Å²) in [7, 11) is 3.62. The fourth-order valence-electron chi connectivity index (χ4n) is 1.36. The number of rotatable bonds is 10. The van der Waals surface area contributed by atoms with E-state index in [9.17, 15) is 9.59 Å². The van der Waals surface area contributed by atoms with Gasteiger partial charge in [0.05, 0.1) is 12.6 Å². The maximum absolute atomic E-state index is 11.6. The van der Waals surface area contributed by atoms with Crippen LogP contribution in [0.4, 0.5) is 0 Å². The maximum Gasteiger partial charge on any atom is 0.238 e. The number of hydrogen-bond acceptors (Lipinski definition) is 5. The minimum absolute atomic E-state index is 0.0667. The molecule has 6 heteroatoms. The van der Waals surface area contributed by atoms with E-state index in [1.54, 1.807) is 7.05 Å². The number of carbonyl (C=O) groups is 2. The molecule has 1 unspecified atom stereocenters. The van der Waals surface area contributed by atoms with Crippen LogP contribution >= 0.6 is 0 Å². The standard InChI is InChI=1S/C10H22N4O2/c1-11-6-4-3-5-9(14-12-2)10(16)13-7-8-15/h8-9,11-12,14H,3-7H2,1-2H3,(H,13,16). The third kappa shape index (κ3) is 7.33. The molecule has 0 saturated heterocycles. The SMILES string of the molecule is CNCCCCC(NNC)C(=O)NCC=O. The lowest BCUT2D eigenvalue weighted by atomic mass is 10.1. The van der Waals surface area contributed by atoms with Gasteiger partial charge in [-0.1, -0.05) is 6.42 Å². The lowest BCUT2D eigenvalue weighted by Gasteiger charge is -2.16. The summed E-state index contributed by atoms with van der Waals surface area (Å²) in [6.45, 7) is 1.01. The first kappa shape index (κ1) is 15.0. The maximum atomic E-state index is 11.6. The molecule has 6 nitrogen and oxygen atoms in total. The van der Waals surface area contributed by atoms with Gasteiger partial charge >= 0.3 is 0 Å². The van der Waals surface area contributed by atoms with E-state index < -0.39 is 0 Å². The molecule has 94 valence electrons. The van der Waals surface area contributed by atoms with Gasteiger partial charge in [0, 0.05) is 0 Å². The number of hydrogen-bond donors (Lipinski definition) is 4. The number of unbranched alkanes of at least 4 members (excludes halogenated alkanes) is 1. The molecular weight excluding hydrogens is 208 g/mol. The third-order valence-electron chi connectivity index (χ3n) is 2.16. The van der Waals surface area contributed by atoms with Crippen molar-refractivity contribution in [1.29, 1.82) is 0 Å². The van der Waals surface area contributed by atoms with Crippen LogP contribution in [-0.2, 0) is 9.59 Å². The van der Waals surface area contributed by atoms with Crippen LogP contribution in [0, 0.1) is 0 Å². The summed E-state index contributed by atoms with van der Waals surface area (Å²) in [4.78, 5) is 21.7. The van der Waals surface area contributed by atoms with E-state index in [-0.39, 0.29) is 18.5 Å². The van der Waals surface area contributed by atoms with Crippen molar-refractivity contribution in [2.24, 2.45) is 0 Å². The quantitative estimate of drug-likeness (QED) is 0.215. The van der Waals surface area contributed by atoms with Crippen LogP contribution in [0.5, 0.6) is 0 Å². The zero-order valence-corrected chi connectivity index (χ0v) is 10.0. The van der Waals surface area contributed by atoms with Crippen molar-refractivity contribution in [3.63, 3.8) is 0 Å². The van der Waals surface area contributed by atoms with Gasteiger partial charge in [-0.25, -0.2) is 5.43 Å². The predicted octanol–water partition coefficient (Wildman–Crippen LogP) is -1.22. The Hall–Kier alpha value is -0.980. The van der Waals surface area contributed by atoms with E-state index in [1.165, 1.54) is 0 Å². The number of amides is 1. The van der Waals surface area contributed by atoms with Crippen molar-refractivity contribution in [3.05, 3.63) is 0 Å². The molecule has 0 aromatic rings. The molecule has 0 aliphatic heterocycles. The Morgan fingerprint density at radius 2 is 2.06 bits per heavy atom. The normalized spacial score (nSPS) is 12.1. The summed E-state index contributed by atoms with van der Waals surface area (Å²) in [5.41, 5.74) is 5.62. The molecule has 0 radical (unpaired) electrons. The summed E-state index contributed by atoms with van der Waals surface area (Å²) >= 11 is 0. The van der Waals surface area contributed by atoms with Crippen LogP contribution in [0.15, 0.2) is 0 Å². The van der Waals surface area contributed by atoms with E-state index in [0.29, 0.717) is 6.29 Å². The molecule has 0 aromatic carbocycles. The number of aldehydes is 1. The average molecular weight is 230 g/mol. The molecule has 0 heterocycles. The molecule has 0 fully saturated rings. The van der Waals surface area contributed by atoms with Crippen LogP contribution in [0.3, 0.4) is 0 Å². The Kier molecular flexibility index (Phi) is 9.89. The largest absolute Gasteiger partial charge is 0.348 e. The molecule has 0 spiro atoms. The molecule has 0 saturated carbocycles. The van der Waals surface area contributed by atoms with Gasteiger partial charge in [-0.3, -0.25) is 10.2 Å². The van der Waals surface area contributed by atoms with E-state index >= 15 is 0 Å². The van der Waals surface area contributed by atoms with Crippen molar-refractivity contribution >= 4 is 12.2 Å². The Bertz CT molecular complexity index is 199. The van der Waals surface area contributed by atoms with E-state index in [1.807, 2.05) is 7.05 Å². The van der Waals surface area contributed by atoms with E-state index in [2.05, 4.69) is 21.5 Å². The molecule has 0 aromatic heterocycles. The predicted molar refractivity (Wildman–Crippen MR) is 62.8 cm³/mol. The summed E-state index contributed by atoms with van der Waals surface area (Å²) in [5.74, 6) is -0.147. The highest BCUT2D eigenvalue weighted by Gasteiger charge is 2.15. The number of nitrogens with one attached hydrogen (secondary N) is 4. The van der Waals surface area contributed by atoms with Crippen molar-refractivity contribution < 1.29 is 9.59 Å². The van der Waals surface area contributed by atoms with Crippen molar-refractivity contribution in [2.75, 3.05) is 27.2 Å². The molecule has 0 aliphatic carbocycles. The van der Waals surface area contributed by atoms with Crippen molar-refractivity contribution in [1.82, 2.24) is 21.5 Å². The Morgan fingerprint density at radius 1 is 1.31 bits per heavy atom. The van der Waals surface area contributed by atoms with Gasteiger partial charge in [-0.05, 0) is 33.5 Å². The van der Waals surface area contributed by atoms with Crippen LogP contribution in [0.25, 0.3) is 0 Å². The van der Waals surface area contributed by atoms with E-state index in [0.717, 1.165) is 25.8 Å². The molecule has 1 atom stereocenters. The summed E-state index contributed by atoms with van der Waals surface area (Å²) in [6.07, 6.45) is 3.40. The van der Waals surface area contributed by atoms with Crippen molar-refractivity contribution in [2.45, 2.75) is 25.3 Å². The van der Waals surface area contributed by atoms with Crippen molar-refractivity contribution in [3.8, 4) is 0 Å². The fourth-order valence-corrected chi connectivity index (χ4v) is 1.36. The number of hydrazine groups is 1. The van der Waals surface area contributed by atoms with Gasteiger partial charge in [0.2, 0.25) is 5.91 Å². The second kappa shape index (κ2) is 10.5. The molecule has 16 heavy (non-hydrogen) atoms. The molecule has 0 aliphatic rings. The highest BCUT2D eigenvalue weighted by molar-refractivity contribution is 5.83. The van der Waals surface area contributed by atoms with Gasteiger partial charge in [0.15, 0.2) is 0 Å². The van der Waals surface area contributed by atoms with Crippen LogP contribution < -0.4 is 21.5 Å². The second-order valence-corrected chi connectivity index (χ2v) is 3.46. The van der Waals surface area contributed by atoms with Gasteiger partial charge in [-0.15, -0.1) is 0 Å². The Morgan fingerprint density at radius 3 is 2.62 bits per heavy atom. The molecule has 0 bridgehead atoms. The van der Waals surface area contributed by atoms with Gasteiger partial charge in [0.25, 0.3) is 0 Å². The van der Waals surface area contributed by atoms with Gasteiger partial charge in [0.1, 0.15) is 6.29 Å². The van der Waals surface area contributed by atoms with E-state index in [4.69, 9.17) is 0 Å². The smallest absolute Gasteiger partial charge is 0.238 e. The van der Waals surface area contributed by atoms with Crippen LogP contribution in [-0.4, -0.2) is 45.4 Å². The van der Waals surface area contributed by atoms with Gasteiger partial charge in [-0.2, -0.15) is 0 Å². The summed E-state index contributed by atoms with van der Waals surface area (Å²) in [5, 5.41) is 5.59. The first-order valence-electron chi connectivity index (χ1n) is 5.54. The second-order valence-electron chi connectivity index (χ2n) is 3.46.